The highest BCUT2D eigenvalue weighted by molar-refractivity contribution is 7.89. The van der Waals surface area contributed by atoms with Crippen LogP contribution in [0.25, 0.3) is 0 Å². The molecule has 1 amide bonds. The second-order valence-corrected chi connectivity index (χ2v) is 9.90. The van der Waals surface area contributed by atoms with Gasteiger partial charge in [-0.1, -0.05) is 13.8 Å². The maximum atomic E-state index is 12.6. The molecule has 0 spiro atoms. The van der Waals surface area contributed by atoms with Gasteiger partial charge in [-0.05, 0) is 68.5 Å². The summed E-state index contributed by atoms with van der Waals surface area (Å²) in [7, 11) is -3.51. The molecule has 2 saturated heterocycles. The average Bonchev–Trinajstić information content (AvgIpc) is 3.07. The van der Waals surface area contributed by atoms with E-state index in [0.717, 1.165) is 44.6 Å². The molecule has 1 aromatic rings. The zero-order valence-corrected chi connectivity index (χ0v) is 17.2. The smallest absolute Gasteiger partial charge is 0.240 e. The van der Waals surface area contributed by atoms with Crippen LogP contribution in [0, 0.1) is 11.8 Å². The highest BCUT2D eigenvalue weighted by Crippen LogP contribution is 2.23. The number of nitrogens with zero attached hydrogens (tertiary/aromatic N) is 2. The van der Waals surface area contributed by atoms with Crippen LogP contribution in [0.1, 0.15) is 39.5 Å². The van der Waals surface area contributed by atoms with Gasteiger partial charge in [-0.3, -0.25) is 4.79 Å². The number of carbonyl (C=O) groups is 1. The van der Waals surface area contributed by atoms with Crippen LogP contribution in [-0.2, 0) is 14.8 Å². The molecule has 2 aliphatic rings. The van der Waals surface area contributed by atoms with Crippen molar-refractivity contribution in [3.63, 3.8) is 0 Å². The summed E-state index contributed by atoms with van der Waals surface area (Å²) in [5.41, 5.74) is 0.772. The Balaban J connectivity index is 1.52. The lowest BCUT2D eigenvalue weighted by molar-refractivity contribution is -0.117. The standard InChI is InChI=1S/C20H31N3O3S/c1-16(2)15-22-12-9-17(10-13-22)14-21-27(25,26)19-7-5-18(6-8-19)23-11-3-4-20(23)24/h5-8,16-17,21H,3-4,9-15H2,1-2H3. The monoisotopic (exact) mass is 393 g/mol. The molecule has 27 heavy (non-hydrogen) atoms. The van der Waals surface area contributed by atoms with Crippen molar-refractivity contribution in [3.8, 4) is 0 Å². The molecule has 2 fully saturated rings. The molecule has 2 aliphatic heterocycles. The highest BCUT2D eigenvalue weighted by atomic mass is 32.2. The number of rotatable bonds is 7. The second-order valence-electron chi connectivity index (χ2n) is 8.13. The van der Waals surface area contributed by atoms with E-state index in [0.29, 0.717) is 31.3 Å². The van der Waals surface area contributed by atoms with Crippen LogP contribution in [0.3, 0.4) is 0 Å². The van der Waals surface area contributed by atoms with Crippen molar-refractivity contribution in [2.45, 2.75) is 44.4 Å². The Morgan fingerprint density at radius 2 is 1.78 bits per heavy atom. The average molecular weight is 394 g/mol. The topological polar surface area (TPSA) is 69.7 Å². The minimum Gasteiger partial charge on any atom is -0.312 e. The Labute approximate surface area is 163 Å². The lowest BCUT2D eigenvalue weighted by Crippen LogP contribution is -2.40. The van der Waals surface area contributed by atoms with Gasteiger partial charge in [-0.2, -0.15) is 0 Å². The zero-order chi connectivity index (χ0) is 19.4. The molecule has 150 valence electrons. The summed E-state index contributed by atoms with van der Waals surface area (Å²) < 4.78 is 27.9. The predicted octanol–water partition coefficient (Wildman–Crippen LogP) is 2.46. The summed E-state index contributed by atoms with van der Waals surface area (Å²) in [5.74, 6) is 1.16. The van der Waals surface area contributed by atoms with Gasteiger partial charge in [0.25, 0.3) is 0 Å². The normalized spacial score (nSPS) is 20.0. The molecular formula is C20H31N3O3S. The minimum absolute atomic E-state index is 0.104. The van der Waals surface area contributed by atoms with Crippen molar-refractivity contribution in [1.29, 1.82) is 0 Å². The number of likely N-dealkylation sites (tertiary alicyclic amines) is 1. The summed E-state index contributed by atoms with van der Waals surface area (Å²) >= 11 is 0. The minimum atomic E-state index is -3.51. The van der Waals surface area contributed by atoms with Crippen LogP contribution in [0.2, 0.25) is 0 Å². The van der Waals surface area contributed by atoms with Gasteiger partial charge < -0.3 is 9.80 Å². The number of sulfonamides is 1. The van der Waals surface area contributed by atoms with Crippen molar-refractivity contribution in [2.75, 3.05) is 37.6 Å². The first kappa shape index (κ1) is 20.3. The number of amides is 1. The van der Waals surface area contributed by atoms with Gasteiger partial charge in [-0.25, -0.2) is 13.1 Å². The molecule has 1 aromatic carbocycles. The van der Waals surface area contributed by atoms with E-state index in [2.05, 4.69) is 23.5 Å². The third-order valence-corrected chi connectivity index (χ3v) is 6.86. The van der Waals surface area contributed by atoms with Crippen LogP contribution in [0.5, 0.6) is 0 Å². The van der Waals surface area contributed by atoms with E-state index >= 15 is 0 Å². The van der Waals surface area contributed by atoms with Gasteiger partial charge in [0.05, 0.1) is 4.90 Å². The van der Waals surface area contributed by atoms with Gasteiger partial charge in [0.1, 0.15) is 0 Å². The first-order valence-corrected chi connectivity index (χ1v) is 11.5. The first-order valence-electron chi connectivity index (χ1n) is 9.97. The fourth-order valence-corrected chi connectivity index (χ4v) is 5.04. The lowest BCUT2D eigenvalue weighted by Gasteiger charge is -2.33. The van der Waals surface area contributed by atoms with E-state index in [-0.39, 0.29) is 10.8 Å². The number of nitrogens with one attached hydrogen (secondary N) is 1. The van der Waals surface area contributed by atoms with Crippen LogP contribution in [0.4, 0.5) is 5.69 Å². The molecule has 3 rings (SSSR count). The number of hydrogen-bond donors (Lipinski definition) is 1. The summed E-state index contributed by atoms with van der Waals surface area (Å²) in [5, 5.41) is 0. The molecule has 0 aliphatic carbocycles. The SMILES string of the molecule is CC(C)CN1CCC(CNS(=O)(=O)c2ccc(N3CCCC3=O)cc2)CC1. The molecule has 0 bridgehead atoms. The van der Waals surface area contributed by atoms with Crippen molar-refractivity contribution >= 4 is 21.6 Å². The molecule has 0 atom stereocenters. The van der Waals surface area contributed by atoms with E-state index in [1.165, 1.54) is 0 Å². The Morgan fingerprint density at radius 1 is 1.11 bits per heavy atom. The van der Waals surface area contributed by atoms with Crippen molar-refractivity contribution < 1.29 is 13.2 Å². The van der Waals surface area contributed by atoms with Crippen LogP contribution in [-0.4, -0.2) is 51.9 Å². The van der Waals surface area contributed by atoms with E-state index in [1.807, 2.05) is 0 Å². The predicted molar refractivity (Wildman–Crippen MR) is 107 cm³/mol. The zero-order valence-electron chi connectivity index (χ0n) is 16.4. The van der Waals surface area contributed by atoms with E-state index in [4.69, 9.17) is 0 Å². The fourth-order valence-electron chi connectivity index (χ4n) is 3.93. The van der Waals surface area contributed by atoms with Gasteiger partial charge >= 0.3 is 0 Å². The Kier molecular flexibility index (Phi) is 6.55. The Morgan fingerprint density at radius 3 is 2.33 bits per heavy atom. The van der Waals surface area contributed by atoms with Gasteiger partial charge in [0, 0.05) is 31.7 Å². The first-order chi connectivity index (χ1) is 12.8. The van der Waals surface area contributed by atoms with E-state index in [9.17, 15) is 13.2 Å². The maximum absolute atomic E-state index is 12.6. The molecule has 0 saturated carbocycles. The molecule has 7 heteroatoms. The number of hydrogen-bond acceptors (Lipinski definition) is 4. The van der Waals surface area contributed by atoms with Crippen molar-refractivity contribution in [1.82, 2.24) is 9.62 Å². The van der Waals surface area contributed by atoms with Crippen molar-refractivity contribution in [3.05, 3.63) is 24.3 Å². The summed E-state index contributed by atoms with van der Waals surface area (Å²) in [6.45, 7) is 8.86. The van der Waals surface area contributed by atoms with Gasteiger partial charge in [-0.15, -0.1) is 0 Å². The third kappa shape index (κ3) is 5.30. The molecule has 0 unspecified atom stereocenters. The number of benzene rings is 1. The highest BCUT2D eigenvalue weighted by Gasteiger charge is 2.24. The van der Waals surface area contributed by atoms with Crippen LogP contribution in [0.15, 0.2) is 29.2 Å². The molecule has 2 heterocycles. The molecular weight excluding hydrogens is 362 g/mol. The largest absolute Gasteiger partial charge is 0.312 e. The summed E-state index contributed by atoms with van der Waals surface area (Å²) in [6.07, 6.45) is 3.49. The quantitative estimate of drug-likeness (QED) is 0.773. The lowest BCUT2D eigenvalue weighted by atomic mass is 9.96. The number of piperidine rings is 1. The molecule has 0 aromatic heterocycles. The summed E-state index contributed by atoms with van der Waals surface area (Å²) in [6, 6.07) is 6.63. The maximum Gasteiger partial charge on any atom is 0.240 e. The molecule has 6 nitrogen and oxygen atoms in total. The van der Waals surface area contributed by atoms with E-state index in [1.54, 1.807) is 29.2 Å². The third-order valence-electron chi connectivity index (χ3n) is 5.42. The van der Waals surface area contributed by atoms with Crippen LogP contribution >= 0.6 is 0 Å². The fraction of sp³-hybridized carbons (Fsp3) is 0.650. The number of carbonyl (C=O) groups excluding carboxylic acids is 1. The summed E-state index contributed by atoms with van der Waals surface area (Å²) in [4.78, 5) is 16.3. The van der Waals surface area contributed by atoms with Gasteiger partial charge in [0.15, 0.2) is 0 Å². The Bertz CT molecular complexity index is 738. The van der Waals surface area contributed by atoms with Gasteiger partial charge in [0.2, 0.25) is 15.9 Å². The molecule has 0 radical (unpaired) electrons. The van der Waals surface area contributed by atoms with Crippen LogP contribution < -0.4 is 9.62 Å². The number of anilines is 1. The second kappa shape index (κ2) is 8.71. The van der Waals surface area contributed by atoms with E-state index < -0.39 is 10.0 Å². The van der Waals surface area contributed by atoms with Crippen molar-refractivity contribution in [2.24, 2.45) is 11.8 Å². The molecule has 1 N–H and O–H groups in total. The Hall–Kier alpha value is -1.44.